The van der Waals surface area contributed by atoms with Gasteiger partial charge in [-0.2, -0.15) is 0 Å². The van der Waals surface area contributed by atoms with Crippen molar-refractivity contribution in [2.24, 2.45) is 35.5 Å². The molecular weight excluding hydrogens is 706 g/mol. The second-order valence-corrected chi connectivity index (χ2v) is 17.4. The van der Waals surface area contributed by atoms with Gasteiger partial charge in [-0.05, 0) is 101 Å². The average molecular weight is 776 g/mol. The molecule has 1 unspecified atom stereocenters. The number of fused-ring (bicyclic) bond motifs is 3. The molecule has 0 spiro atoms. The van der Waals surface area contributed by atoms with Crippen LogP contribution in [0.25, 0.3) is 0 Å². The molecule has 3 heterocycles. The number of ether oxygens (including phenoxy) is 4. The van der Waals surface area contributed by atoms with Crippen molar-refractivity contribution in [3.63, 3.8) is 0 Å². The molecule has 0 radical (unpaired) electrons. The molecule has 4 aliphatic rings. The lowest BCUT2D eigenvalue weighted by Crippen LogP contribution is -2.63. The van der Waals surface area contributed by atoms with Crippen LogP contribution in [-0.4, -0.2) is 113 Å². The average Bonchev–Trinajstić information content (AvgIpc) is 3.15. The normalized spacial score (nSPS) is 42.1. The predicted octanol–water partition coefficient (Wildman–Crippen LogP) is 5.09. The lowest BCUT2D eigenvalue weighted by Gasteiger charge is -2.46. The van der Waals surface area contributed by atoms with Gasteiger partial charge in [0.1, 0.15) is 17.9 Å². The van der Waals surface area contributed by atoms with E-state index in [1.54, 1.807) is 28.1 Å². The fourth-order valence-corrected chi connectivity index (χ4v) is 9.54. The van der Waals surface area contributed by atoms with Gasteiger partial charge in [-0.25, -0.2) is 4.79 Å². The summed E-state index contributed by atoms with van der Waals surface area (Å²) < 4.78 is 24.0. The molecule has 2 bridgehead atoms. The first-order valence-electron chi connectivity index (χ1n) is 20.7. The minimum absolute atomic E-state index is 0.0102. The molecule has 1 amide bonds. The van der Waals surface area contributed by atoms with Gasteiger partial charge in [-0.1, -0.05) is 52.3 Å². The zero-order chi connectivity index (χ0) is 40.8. The Bertz CT molecular complexity index is 1410. The maximum atomic E-state index is 14.3. The second-order valence-electron chi connectivity index (χ2n) is 17.4. The van der Waals surface area contributed by atoms with Gasteiger partial charge in [0.25, 0.3) is 11.7 Å². The summed E-state index contributed by atoms with van der Waals surface area (Å²) in [6.07, 6.45) is 5.07. The Hall–Kier alpha value is -2.48. The van der Waals surface area contributed by atoms with E-state index >= 15 is 0 Å². The van der Waals surface area contributed by atoms with Crippen molar-refractivity contribution < 1.29 is 53.4 Å². The van der Waals surface area contributed by atoms with Crippen LogP contribution in [0.3, 0.4) is 0 Å². The van der Waals surface area contributed by atoms with Crippen LogP contribution < -0.4 is 0 Å². The van der Waals surface area contributed by atoms with Gasteiger partial charge in [-0.15, -0.1) is 0 Å². The number of carbonyl (C=O) groups excluding carboxylic acids is 4. The number of allylic oxidation sites excluding steroid dienone is 3. The number of nitrogens with zero attached hydrogens (tertiary/aromatic N) is 1. The predicted molar refractivity (Wildman–Crippen MR) is 206 cm³/mol. The summed E-state index contributed by atoms with van der Waals surface area (Å²) >= 11 is 0. The highest BCUT2D eigenvalue weighted by Gasteiger charge is 2.55. The molecule has 312 valence electrons. The fraction of sp³-hybridized carbons (Fsp3) is 0.814. The number of cyclic esters (lactones) is 1. The molecule has 1 saturated carbocycles. The highest BCUT2D eigenvalue weighted by molar-refractivity contribution is 6.39. The largest absolute Gasteiger partial charge is 0.456 e. The van der Waals surface area contributed by atoms with Crippen molar-refractivity contribution in [3.8, 4) is 0 Å². The van der Waals surface area contributed by atoms with Crippen LogP contribution in [0.15, 0.2) is 23.3 Å². The van der Waals surface area contributed by atoms with Crippen LogP contribution >= 0.6 is 0 Å². The van der Waals surface area contributed by atoms with Crippen LogP contribution in [0.5, 0.6) is 0 Å². The van der Waals surface area contributed by atoms with Gasteiger partial charge in [0.2, 0.25) is 5.79 Å². The molecule has 4 rings (SSSR count). The molecule has 0 aromatic heterocycles. The van der Waals surface area contributed by atoms with Crippen LogP contribution in [0, 0.1) is 35.5 Å². The Morgan fingerprint density at radius 2 is 1.64 bits per heavy atom. The molecule has 0 aromatic carbocycles. The van der Waals surface area contributed by atoms with E-state index in [-0.39, 0.29) is 49.0 Å². The monoisotopic (exact) mass is 775 g/mol. The fourth-order valence-electron chi connectivity index (χ4n) is 9.54. The maximum Gasteiger partial charge on any atom is 0.329 e. The van der Waals surface area contributed by atoms with Crippen molar-refractivity contribution in [3.05, 3.63) is 23.3 Å². The molecular formula is C43H69NO11. The van der Waals surface area contributed by atoms with Gasteiger partial charge in [0.15, 0.2) is 0 Å². The lowest BCUT2D eigenvalue weighted by atomic mass is 9.78. The van der Waals surface area contributed by atoms with Crippen LogP contribution in [0.1, 0.15) is 119 Å². The Balaban J connectivity index is 1.75. The van der Waals surface area contributed by atoms with Crippen LogP contribution in [-0.2, 0) is 38.1 Å². The van der Waals surface area contributed by atoms with Crippen molar-refractivity contribution in [2.75, 3.05) is 20.8 Å². The first-order chi connectivity index (χ1) is 25.9. The minimum atomic E-state index is -2.42. The number of Topliss-reactive ketones (excluding diaryl/α,β-unsaturated/α-hetero) is 2. The molecule has 12 heteroatoms. The number of aliphatic hydroxyl groups is 3. The number of methoxy groups -OCH3 is 2. The molecule has 2 saturated heterocycles. The minimum Gasteiger partial charge on any atom is -0.456 e. The summed E-state index contributed by atoms with van der Waals surface area (Å²) in [5.74, 6) is -7.17. The Kier molecular flexibility index (Phi) is 16.3. The molecule has 55 heavy (non-hydrogen) atoms. The number of piperidine rings is 1. The van der Waals surface area contributed by atoms with Gasteiger partial charge in [0.05, 0.1) is 30.5 Å². The lowest BCUT2D eigenvalue weighted by molar-refractivity contribution is -0.290. The van der Waals surface area contributed by atoms with Gasteiger partial charge in [0, 0.05) is 44.9 Å². The van der Waals surface area contributed by atoms with E-state index in [9.17, 15) is 34.5 Å². The molecule has 12 nitrogen and oxygen atoms in total. The van der Waals surface area contributed by atoms with E-state index < -0.39 is 77.8 Å². The number of aliphatic hydroxyl groups excluding tert-OH is 2. The Morgan fingerprint density at radius 1 is 0.945 bits per heavy atom. The smallest absolute Gasteiger partial charge is 0.329 e. The molecule has 14 atom stereocenters. The zero-order valence-corrected chi connectivity index (χ0v) is 34.7. The Labute approximate surface area is 328 Å². The van der Waals surface area contributed by atoms with Crippen LogP contribution in [0.4, 0.5) is 0 Å². The SMILES string of the molecule is CC[C@@H]1/C=C(\C)C[C@H](C)CC(OC)[C@@H]2O[C@@](O)(C(=O)C(=O)N3CCCC[C@H]3C(=O)O[C@H](/C(C)=C/[C@@H]3CC[C@@H](O)[C@H](OC)C3)[C@H](C)[C@@H](O)CC1=O)[C@H](C)C[C@@H]2C. The number of hydrogen-bond acceptors (Lipinski definition) is 11. The van der Waals surface area contributed by atoms with Crippen molar-refractivity contribution in [2.45, 2.75) is 168 Å². The van der Waals surface area contributed by atoms with Crippen molar-refractivity contribution in [1.29, 1.82) is 0 Å². The van der Waals surface area contributed by atoms with E-state index in [4.69, 9.17) is 18.9 Å². The summed E-state index contributed by atoms with van der Waals surface area (Å²) in [5, 5.41) is 34.0. The van der Waals surface area contributed by atoms with Crippen LogP contribution in [0.2, 0.25) is 0 Å². The third-order valence-corrected chi connectivity index (χ3v) is 12.9. The molecule has 1 aliphatic carbocycles. The third-order valence-electron chi connectivity index (χ3n) is 12.9. The van der Waals surface area contributed by atoms with Gasteiger partial charge in [-0.3, -0.25) is 14.4 Å². The topological polar surface area (TPSA) is 169 Å². The summed E-state index contributed by atoms with van der Waals surface area (Å²) in [5.41, 5.74) is 1.70. The van der Waals surface area contributed by atoms with Gasteiger partial charge >= 0.3 is 5.97 Å². The number of ketones is 2. The second kappa shape index (κ2) is 19.8. The van der Waals surface area contributed by atoms with E-state index in [1.807, 2.05) is 39.8 Å². The van der Waals surface area contributed by atoms with Crippen molar-refractivity contribution in [1.82, 2.24) is 4.90 Å². The number of esters is 1. The quantitative estimate of drug-likeness (QED) is 0.193. The Morgan fingerprint density at radius 3 is 2.29 bits per heavy atom. The van der Waals surface area contributed by atoms with E-state index in [1.165, 1.54) is 4.90 Å². The number of hydrogen-bond donors (Lipinski definition) is 3. The summed E-state index contributed by atoms with van der Waals surface area (Å²) in [7, 11) is 3.14. The molecule has 0 aromatic rings. The van der Waals surface area contributed by atoms with E-state index in [0.29, 0.717) is 63.4 Å². The third kappa shape index (κ3) is 10.7. The number of carbonyl (C=O) groups is 4. The standard InChI is InChI=1S/C43H69NO11/c1-10-31-18-24(2)17-25(3)19-37(53-9)39-26(4)20-28(6)43(51,55-39)40(48)41(49)44-16-12-11-13-32(44)42(50)54-38(29(7)34(46)23-35(31)47)27(5)21-30-14-15-33(45)36(22-30)52-8/h18,21,25-26,28-34,36-39,45-46,51H,10-17,19-20,22-23H2,1-9H3/b24-18+,27-21+/t25-,26-,28+,29+,30-,31+,32-,33+,34-,36+,37?,38+,39+,43+/m0/s1. The van der Waals surface area contributed by atoms with Crippen molar-refractivity contribution >= 4 is 23.4 Å². The zero-order valence-electron chi connectivity index (χ0n) is 34.7. The first-order valence-corrected chi connectivity index (χ1v) is 20.7. The van der Waals surface area contributed by atoms with Gasteiger partial charge < -0.3 is 39.2 Å². The number of rotatable bonds is 5. The van der Waals surface area contributed by atoms with E-state index in [2.05, 4.69) is 6.92 Å². The molecule has 3 fully saturated rings. The highest BCUT2D eigenvalue weighted by Crippen LogP contribution is 2.40. The summed E-state index contributed by atoms with van der Waals surface area (Å²) in [6, 6.07) is -1.11. The first kappa shape index (κ1) is 45.2. The molecule has 3 N–H and O–H groups in total. The highest BCUT2D eigenvalue weighted by atomic mass is 16.7. The maximum absolute atomic E-state index is 14.3. The summed E-state index contributed by atoms with van der Waals surface area (Å²) in [6.45, 7) is 13.4. The van der Waals surface area contributed by atoms with E-state index in [0.717, 1.165) is 5.57 Å². The number of amides is 1. The summed E-state index contributed by atoms with van der Waals surface area (Å²) in [4.78, 5) is 57.5. The molecule has 3 aliphatic heterocycles.